The third-order valence-electron chi connectivity index (χ3n) is 3.21. The predicted octanol–water partition coefficient (Wildman–Crippen LogP) is 5.28. The smallest absolute Gasteiger partial charge is 0.187 e. The Labute approximate surface area is 138 Å². The summed E-state index contributed by atoms with van der Waals surface area (Å²) in [5, 5.41) is 6.31. The van der Waals surface area contributed by atoms with Crippen LogP contribution in [0.25, 0.3) is 11.3 Å². The molecule has 0 aliphatic heterocycles. The Morgan fingerprint density at radius 1 is 1.14 bits per heavy atom. The van der Waals surface area contributed by atoms with Crippen LogP contribution in [0.2, 0.25) is 0 Å². The Kier molecular flexibility index (Phi) is 4.65. The zero-order valence-corrected chi connectivity index (χ0v) is 14.0. The second-order valence-electron chi connectivity index (χ2n) is 4.62. The predicted molar refractivity (Wildman–Crippen MR) is 95.6 cm³/mol. The SMILES string of the molecule is COc1ccc(-c2csc(Nc3cccc(SC)c3)n2)cc1. The van der Waals surface area contributed by atoms with Crippen molar-refractivity contribution in [2.24, 2.45) is 0 Å². The van der Waals surface area contributed by atoms with Gasteiger partial charge in [-0.3, -0.25) is 0 Å². The number of hydrogen-bond donors (Lipinski definition) is 1. The van der Waals surface area contributed by atoms with E-state index in [9.17, 15) is 0 Å². The summed E-state index contributed by atoms with van der Waals surface area (Å²) >= 11 is 3.33. The van der Waals surface area contributed by atoms with Crippen LogP contribution in [-0.4, -0.2) is 18.3 Å². The van der Waals surface area contributed by atoms with Gasteiger partial charge in [0.05, 0.1) is 12.8 Å². The molecule has 0 unspecified atom stereocenters. The summed E-state index contributed by atoms with van der Waals surface area (Å²) in [4.78, 5) is 5.88. The highest BCUT2D eigenvalue weighted by Crippen LogP contribution is 2.29. The summed E-state index contributed by atoms with van der Waals surface area (Å²) < 4.78 is 5.18. The third-order valence-corrected chi connectivity index (χ3v) is 4.69. The minimum absolute atomic E-state index is 0.853. The molecule has 0 bridgehead atoms. The van der Waals surface area contributed by atoms with Crippen LogP contribution in [0.4, 0.5) is 10.8 Å². The van der Waals surface area contributed by atoms with E-state index < -0.39 is 0 Å². The van der Waals surface area contributed by atoms with Gasteiger partial charge in [0.25, 0.3) is 0 Å². The molecular weight excluding hydrogens is 312 g/mol. The zero-order valence-electron chi connectivity index (χ0n) is 12.4. The minimum atomic E-state index is 0.853. The fraction of sp³-hybridized carbons (Fsp3) is 0.118. The van der Waals surface area contributed by atoms with Crippen molar-refractivity contribution < 1.29 is 4.74 Å². The number of nitrogens with zero attached hydrogens (tertiary/aromatic N) is 1. The van der Waals surface area contributed by atoms with E-state index in [4.69, 9.17) is 4.74 Å². The Morgan fingerprint density at radius 3 is 2.68 bits per heavy atom. The lowest BCUT2D eigenvalue weighted by Gasteiger charge is -2.04. The molecule has 0 amide bonds. The van der Waals surface area contributed by atoms with Gasteiger partial charge in [0.15, 0.2) is 5.13 Å². The number of methoxy groups -OCH3 is 1. The van der Waals surface area contributed by atoms with Gasteiger partial charge in [-0.25, -0.2) is 4.98 Å². The van der Waals surface area contributed by atoms with Gasteiger partial charge in [-0.05, 0) is 48.7 Å². The Hall–Kier alpha value is -1.98. The number of anilines is 2. The van der Waals surface area contributed by atoms with E-state index in [1.807, 2.05) is 36.4 Å². The first-order chi connectivity index (χ1) is 10.8. The highest BCUT2D eigenvalue weighted by atomic mass is 32.2. The number of thioether (sulfide) groups is 1. The molecule has 1 heterocycles. The standard InChI is InChI=1S/C17H16N2OS2/c1-20-14-8-6-12(7-9-14)16-11-22-17(19-16)18-13-4-3-5-15(10-13)21-2/h3-11H,1-2H3,(H,18,19). The fourth-order valence-electron chi connectivity index (χ4n) is 2.05. The van der Waals surface area contributed by atoms with Gasteiger partial charge in [0.1, 0.15) is 5.75 Å². The first-order valence-electron chi connectivity index (χ1n) is 6.79. The number of ether oxygens (including phenoxy) is 1. The fourth-order valence-corrected chi connectivity index (χ4v) is 3.25. The van der Waals surface area contributed by atoms with E-state index in [2.05, 4.69) is 34.1 Å². The van der Waals surface area contributed by atoms with Gasteiger partial charge in [0.2, 0.25) is 0 Å². The largest absolute Gasteiger partial charge is 0.497 e. The highest BCUT2D eigenvalue weighted by molar-refractivity contribution is 7.98. The van der Waals surface area contributed by atoms with Crippen LogP contribution >= 0.6 is 23.1 Å². The van der Waals surface area contributed by atoms with Crippen molar-refractivity contribution in [1.29, 1.82) is 0 Å². The van der Waals surface area contributed by atoms with Crippen LogP contribution in [0.3, 0.4) is 0 Å². The van der Waals surface area contributed by atoms with E-state index in [0.29, 0.717) is 0 Å². The van der Waals surface area contributed by atoms with Crippen LogP contribution in [0.15, 0.2) is 58.8 Å². The lowest BCUT2D eigenvalue weighted by atomic mass is 10.2. The second-order valence-corrected chi connectivity index (χ2v) is 6.36. The van der Waals surface area contributed by atoms with Gasteiger partial charge >= 0.3 is 0 Å². The average Bonchev–Trinajstić information content (AvgIpc) is 3.03. The molecule has 5 heteroatoms. The van der Waals surface area contributed by atoms with Crippen molar-refractivity contribution in [3.05, 3.63) is 53.9 Å². The lowest BCUT2D eigenvalue weighted by molar-refractivity contribution is 0.415. The number of benzene rings is 2. The first-order valence-corrected chi connectivity index (χ1v) is 8.90. The summed E-state index contributed by atoms with van der Waals surface area (Å²) in [7, 11) is 1.67. The molecule has 0 atom stereocenters. The molecule has 3 nitrogen and oxygen atoms in total. The van der Waals surface area contributed by atoms with Crippen molar-refractivity contribution in [3.63, 3.8) is 0 Å². The molecule has 3 aromatic rings. The maximum Gasteiger partial charge on any atom is 0.187 e. The summed E-state index contributed by atoms with van der Waals surface area (Å²) in [6, 6.07) is 16.3. The van der Waals surface area contributed by atoms with E-state index in [-0.39, 0.29) is 0 Å². The second kappa shape index (κ2) is 6.85. The van der Waals surface area contributed by atoms with Gasteiger partial charge in [0, 0.05) is 21.5 Å². The highest BCUT2D eigenvalue weighted by Gasteiger charge is 2.05. The van der Waals surface area contributed by atoms with Crippen LogP contribution in [0.5, 0.6) is 5.75 Å². The molecule has 0 saturated carbocycles. The molecule has 2 aromatic carbocycles. The molecule has 0 fully saturated rings. The maximum absolute atomic E-state index is 5.18. The van der Waals surface area contributed by atoms with Crippen LogP contribution in [0.1, 0.15) is 0 Å². The minimum Gasteiger partial charge on any atom is -0.497 e. The summed E-state index contributed by atoms with van der Waals surface area (Å²) in [6.07, 6.45) is 2.07. The summed E-state index contributed by atoms with van der Waals surface area (Å²) in [5.41, 5.74) is 3.11. The van der Waals surface area contributed by atoms with E-state index in [1.54, 1.807) is 30.2 Å². The Morgan fingerprint density at radius 2 is 1.95 bits per heavy atom. The molecular formula is C17H16N2OS2. The lowest BCUT2D eigenvalue weighted by Crippen LogP contribution is -1.89. The molecule has 112 valence electrons. The van der Waals surface area contributed by atoms with Crippen LogP contribution < -0.4 is 10.1 Å². The molecule has 22 heavy (non-hydrogen) atoms. The Balaban J connectivity index is 1.77. The van der Waals surface area contributed by atoms with Crippen molar-refractivity contribution >= 4 is 33.9 Å². The molecule has 0 radical (unpaired) electrons. The quantitative estimate of drug-likeness (QED) is 0.646. The van der Waals surface area contributed by atoms with Crippen molar-refractivity contribution in [2.75, 3.05) is 18.7 Å². The average molecular weight is 328 g/mol. The molecule has 1 aromatic heterocycles. The molecule has 3 rings (SSSR count). The van der Waals surface area contributed by atoms with Crippen molar-refractivity contribution in [3.8, 4) is 17.0 Å². The molecule has 1 N–H and O–H groups in total. The maximum atomic E-state index is 5.18. The van der Waals surface area contributed by atoms with Crippen LogP contribution in [0, 0.1) is 0 Å². The molecule has 0 saturated heterocycles. The monoisotopic (exact) mass is 328 g/mol. The number of hydrogen-bond acceptors (Lipinski definition) is 5. The van der Waals surface area contributed by atoms with Crippen molar-refractivity contribution in [1.82, 2.24) is 4.98 Å². The van der Waals surface area contributed by atoms with Crippen molar-refractivity contribution in [2.45, 2.75) is 4.90 Å². The van der Waals surface area contributed by atoms with Gasteiger partial charge in [-0.15, -0.1) is 23.1 Å². The first kappa shape index (κ1) is 14.9. The molecule has 0 aliphatic carbocycles. The normalized spacial score (nSPS) is 10.5. The number of thiazole rings is 1. The number of nitrogens with one attached hydrogen (secondary N) is 1. The topological polar surface area (TPSA) is 34.1 Å². The summed E-state index contributed by atoms with van der Waals surface area (Å²) in [5.74, 6) is 0.853. The van der Waals surface area contributed by atoms with E-state index in [0.717, 1.165) is 27.8 Å². The van der Waals surface area contributed by atoms with Gasteiger partial charge in [-0.1, -0.05) is 6.07 Å². The third kappa shape index (κ3) is 3.43. The summed E-state index contributed by atoms with van der Waals surface area (Å²) in [6.45, 7) is 0. The van der Waals surface area contributed by atoms with E-state index >= 15 is 0 Å². The number of rotatable bonds is 5. The van der Waals surface area contributed by atoms with Gasteiger partial charge in [-0.2, -0.15) is 0 Å². The Bertz CT molecular complexity index is 753. The zero-order chi connectivity index (χ0) is 15.4. The molecule has 0 aliphatic rings. The van der Waals surface area contributed by atoms with Gasteiger partial charge < -0.3 is 10.1 Å². The van der Waals surface area contributed by atoms with E-state index in [1.165, 1.54) is 4.90 Å². The van der Waals surface area contributed by atoms with Crippen LogP contribution in [-0.2, 0) is 0 Å². The number of aromatic nitrogens is 1. The molecule has 0 spiro atoms.